The van der Waals surface area contributed by atoms with E-state index in [0.717, 1.165) is 11.4 Å². The first-order valence-corrected chi connectivity index (χ1v) is 7.27. The van der Waals surface area contributed by atoms with Gasteiger partial charge in [0.25, 0.3) is 0 Å². The fourth-order valence-corrected chi connectivity index (χ4v) is 2.54. The molecule has 0 unspecified atom stereocenters. The summed E-state index contributed by atoms with van der Waals surface area (Å²) in [5.74, 6) is -0.0568. The Kier molecular flexibility index (Phi) is 4.06. The number of carboxylic acid groups (broad SMARTS) is 1. The molecule has 1 aromatic carbocycles. The van der Waals surface area contributed by atoms with Crippen LogP contribution in [0, 0.1) is 0 Å². The van der Waals surface area contributed by atoms with E-state index in [9.17, 15) is 4.79 Å². The number of halogens is 1. The van der Waals surface area contributed by atoms with Gasteiger partial charge >= 0.3 is 5.97 Å². The number of hydrogen-bond acceptors (Lipinski definition) is 3. The molecule has 0 aliphatic rings. The van der Waals surface area contributed by atoms with Gasteiger partial charge in [0.15, 0.2) is 5.65 Å². The monoisotopic (exact) mass is 315 g/mol. The van der Waals surface area contributed by atoms with Crippen molar-refractivity contribution in [1.29, 1.82) is 0 Å². The first-order valence-electron chi connectivity index (χ1n) is 6.90. The molecule has 3 rings (SSSR count). The van der Waals surface area contributed by atoms with Gasteiger partial charge in [0.05, 0.1) is 11.4 Å². The van der Waals surface area contributed by atoms with Gasteiger partial charge in [-0.1, -0.05) is 41.9 Å². The van der Waals surface area contributed by atoms with Crippen molar-refractivity contribution in [2.24, 2.45) is 0 Å². The number of benzene rings is 1. The number of aromatic nitrogens is 3. The van der Waals surface area contributed by atoms with Crippen molar-refractivity contribution in [1.82, 2.24) is 14.5 Å². The van der Waals surface area contributed by atoms with E-state index < -0.39 is 5.97 Å². The van der Waals surface area contributed by atoms with E-state index in [-0.39, 0.29) is 6.42 Å². The highest BCUT2D eigenvalue weighted by molar-refractivity contribution is 6.31. The van der Waals surface area contributed by atoms with Gasteiger partial charge in [-0.25, -0.2) is 9.97 Å². The molecule has 3 aromatic rings. The molecule has 0 saturated carbocycles. The Morgan fingerprint density at radius 1 is 1.27 bits per heavy atom. The topological polar surface area (TPSA) is 68.0 Å². The first-order chi connectivity index (χ1) is 10.6. The third kappa shape index (κ3) is 3.09. The maximum atomic E-state index is 10.9. The van der Waals surface area contributed by atoms with Crippen LogP contribution in [0.1, 0.15) is 17.8 Å². The summed E-state index contributed by atoms with van der Waals surface area (Å²) in [6, 6.07) is 11.7. The lowest BCUT2D eigenvalue weighted by Crippen LogP contribution is -2.09. The van der Waals surface area contributed by atoms with Crippen LogP contribution in [0.15, 0.2) is 42.6 Å². The summed E-state index contributed by atoms with van der Waals surface area (Å²) in [6.45, 7) is 0.336. The molecule has 2 aromatic heterocycles. The highest BCUT2D eigenvalue weighted by Crippen LogP contribution is 2.20. The predicted octanol–water partition coefficient (Wildman–Crippen LogP) is 3.15. The Morgan fingerprint density at radius 3 is 2.77 bits per heavy atom. The van der Waals surface area contributed by atoms with Crippen LogP contribution in [0.5, 0.6) is 0 Å². The summed E-state index contributed by atoms with van der Waals surface area (Å²) >= 11 is 5.96. The SMILES string of the molecule is O=C(O)CCn1c(Cc2ccccc2)nc2cc(Cl)cnc21. The summed E-state index contributed by atoms with van der Waals surface area (Å²) in [5, 5.41) is 9.45. The van der Waals surface area contributed by atoms with Gasteiger partial charge in [-0.3, -0.25) is 4.79 Å². The zero-order valence-corrected chi connectivity index (χ0v) is 12.5. The second kappa shape index (κ2) is 6.15. The van der Waals surface area contributed by atoms with E-state index in [1.807, 2.05) is 34.9 Å². The van der Waals surface area contributed by atoms with E-state index in [2.05, 4.69) is 9.97 Å². The molecule has 0 saturated heterocycles. The van der Waals surface area contributed by atoms with Gasteiger partial charge in [-0.2, -0.15) is 0 Å². The van der Waals surface area contributed by atoms with E-state index in [0.29, 0.717) is 29.2 Å². The van der Waals surface area contributed by atoms with Gasteiger partial charge in [0.2, 0.25) is 0 Å². The number of fused-ring (bicyclic) bond motifs is 1. The summed E-state index contributed by atoms with van der Waals surface area (Å²) in [4.78, 5) is 19.7. The van der Waals surface area contributed by atoms with Gasteiger partial charge in [-0.05, 0) is 11.6 Å². The van der Waals surface area contributed by atoms with Crippen LogP contribution in [0.3, 0.4) is 0 Å². The van der Waals surface area contributed by atoms with E-state index >= 15 is 0 Å². The third-order valence-electron chi connectivity index (χ3n) is 3.38. The molecule has 0 fully saturated rings. The van der Waals surface area contributed by atoms with Gasteiger partial charge in [0.1, 0.15) is 11.3 Å². The minimum absolute atomic E-state index is 0.0254. The fourth-order valence-electron chi connectivity index (χ4n) is 2.39. The average molecular weight is 316 g/mol. The standard InChI is InChI=1S/C16H14ClN3O2/c17-12-9-13-16(18-10-12)20(7-6-15(21)22)14(19-13)8-11-4-2-1-3-5-11/h1-5,9-10H,6-8H2,(H,21,22). The molecule has 1 N–H and O–H groups in total. The summed E-state index contributed by atoms with van der Waals surface area (Å²) < 4.78 is 1.85. The Balaban J connectivity index is 2.02. The Hall–Kier alpha value is -2.40. The number of aryl methyl sites for hydroxylation is 1. The second-order valence-corrected chi connectivity index (χ2v) is 5.42. The quantitative estimate of drug-likeness (QED) is 0.785. The maximum Gasteiger partial charge on any atom is 0.305 e. The minimum Gasteiger partial charge on any atom is -0.481 e. The van der Waals surface area contributed by atoms with Crippen molar-refractivity contribution in [3.05, 3.63) is 59.0 Å². The van der Waals surface area contributed by atoms with Crippen LogP contribution >= 0.6 is 11.6 Å². The maximum absolute atomic E-state index is 10.9. The molecule has 0 aliphatic carbocycles. The number of pyridine rings is 1. The molecular weight excluding hydrogens is 302 g/mol. The molecule has 0 atom stereocenters. The number of hydrogen-bond donors (Lipinski definition) is 1. The van der Waals surface area contributed by atoms with Crippen LogP contribution < -0.4 is 0 Å². The van der Waals surface area contributed by atoms with Crippen molar-refractivity contribution in [3.8, 4) is 0 Å². The van der Waals surface area contributed by atoms with E-state index in [1.165, 1.54) is 0 Å². The van der Waals surface area contributed by atoms with Gasteiger partial charge < -0.3 is 9.67 Å². The summed E-state index contributed by atoms with van der Waals surface area (Å²) in [7, 11) is 0. The fraction of sp³-hybridized carbons (Fsp3) is 0.188. The van der Waals surface area contributed by atoms with Crippen LogP contribution in [0.25, 0.3) is 11.2 Å². The Labute approximate surface area is 132 Å². The average Bonchev–Trinajstić information content (AvgIpc) is 2.82. The molecule has 112 valence electrons. The zero-order valence-electron chi connectivity index (χ0n) is 11.7. The molecule has 0 amide bonds. The number of nitrogens with zero attached hydrogens (tertiary/aromatic N) is 3. The van der Waals surface area contributed by atoms with Crippen LogP contribution in [0.2, 0.25) is 5.02 Å². The number of carboxylic acids is 1. The predicted molar refractivity (Wildman–Crippen MR) is 84.0 cm³/mol. The molecule has 0 radical (unpaired) electrons. The second-order valence-electron chi connectivity index (χ2n) is 4.98. The zero-order chi connectivity index (χ0) is 15.5. The van der Waals surface area contributed by atoms with Crippen molar-refractivity contribution >= 4 is 28.7 Å². The number of imidazole rings is 1. The molecule has 0 aliphatic heterocycles. The number of aliphatic carboxylic acids is 1. The van der Waals surface area contributed by atoms with E-state index in [4.69, 9.17) is 16.7 Å². The van der Waals surface area contributed by atoms with Crippen molar-refractivity contribution < 1.29 is 9.90 Å². The highest BCUT2D eigenvalue weighted by atomic mass is 35.5. The summed E-state index contributed by atoms with van der Waals surface area (Å²) in [6.07, 6.45) is 2.20. The smallest absolute Gasteiger partial charge is 0.305 e. The lowest BCUT2D eigenvalue weighted by atomic mass is 10.1. The Bertz CT molecular complexity index is 815. The third-order valence-corrected chi connectivity index (χ3v) is 3.59. The Morgan fingerprint density at radius 2 is 2.05 bits per heavy atom. The largest absolute Gasteiger partial charge is 0.481 e. The number of rotatable bonds is 5. The molecule has 0 bridgehead atoms. The van der Waals surface area contributed by atoms with Crippen LogP contribution in [-0.4, -0.2) is 25.6 Å². The van der Waals surface area contributed by atoms with Crippen molar-refractivity contribution in [3.63, 3.8) is 0 Å². The molecule has 5 nitrogen and oxygen atoms in total. The van der Waals surface area contributed by atoms with Crippen molar-refractivity contribution in [2.45, 2.75) is 19.4 Å². The van der Waals surface area contributed by atoms with Crippen LogP contribution in [0.4, 0.5) is 0 Å². The van der Waals surface area contributed by atoms with E-state index in [1.54, 1.807) is 12.3 Å². The first kappa shape index (κ1) is 14.5. The molecule has 2 heterocycles. The molecular formula is C16H14ClN3O2. The lowest BCUT2D eigenvalue weighted by Gasteiger charge is -2.07. The lowest BCUT2D eigenvalue weighted by molar-refractivity contribution is -0.137. The minimum atomic E-state index is -0.846. The number of carbonyl (C=O) groups is 1. The molecule has 6 heteroatoms. The molecule has 22 heavy (non-hydrogen) atoms. The van der Waals surface area contributed by atoms with Gasteiger partial charge in [-0.15, -0.1) is 0 Å². The van der Waals surface area contributed by atoms with Crippen molar-refractivity contribution in [2.75, 3.05) is 0 Å². The van der Waals surface area contributed by atoms with Gasteiger partial charge in [0, 0.05) is 19.2 Å². The summed E-state index contributed by atoms with van der Waals surface area (Å²) in [5.41, 5.74) is 2.46. The van der Waals surface area contributed by atoms with Crippen LogP contribution in [-0.2, 0) is 17.8 Å². The highest BCUT2D eigenvalue weighted by Gasteiger charge is 2.14. The molecule has 0 spiro atoms. The normalized spacial score (nSPS) is 11.0.